The Balaban J connectivity index is 2.53. The van der Waals surface area contributed by atoms with Crippen LogP contribution in [0.5, 0.6) is 0 Å². The zero-order chi connectivity index (χ0) is 12.1. The molecule has 16 heavy (non-hydrogen) atoms. The molecule has 0 bridgehead atoms. The zero-order valence-electron chi connectivity index (χ0n) is 10.8. The van der Waals surface area contributed by atoms with Crippen LogP contribution in [0, 0.1) is 6.92 Å². The molecule has 1 aromatic rings. The first-order valence-corrected chi connectivity index (χ1v) is 5.93. The number of nitrogens with zero attached hydrogens (tertiary/aromatic N) is 1. The Kier molecular flexibility index (Phi) is 4.97. The smallest absolute Gasteiger partial charge is 0.0526 e. The quantitative estimate of drug-likeness (QED) is 0.826. The molecule has 0 radical (unpaired) electrons. The van der Waals surface area contributed by atoms with Crippen molar-refractivity contribution in [1.29, 1.82) is 0 Å². The fourth-order valence-corrected chi connectivity index (χ4v) is 1.93. The van der Waals surface area contributed by atoms with Gasteiger partial charge in [-0.15, -0.1) is 0 Å². The lowest BCUT2D eigenvalue weighted by molar-refractivity contribution is 0.131. The van der Waals surface area contributed by atoms with E-state index < -0.39 is 0 Å². The summed E-state index contributed by atoms with van der Waals surface area (Å²) in [5, 5.41) is 9.36. The van der Waals surface area contributed by atoms with Crippen molar-refractivity contribution in [2.24, 2.45) is 0 Å². The molecule has 2 atom stereocenters. The summed E-state index contributed by atoms with van der Waals surface area (Å²) in [6, 6.07) is 8.98. The number of rotatable bonds is 5. The fourth-order valence-electron chi connectivity index (χ4n) is 1.93. The summed E-state index contributed by atoms with van der Waals surface area (Å²) < 4.78 is 0. The molecule has 1 aromatic carbocycles. The zero-order valence-corrected chi connectivity index (χ0v) is 10.8. The molecule has 0 saturated heterocycles. The van der Waals surface area contributed by atoms with E-state index in [1.165, 1.54) is 11.1 Å². The van der Waals surface area contributed by atoms with Crippen LogP contribution in [-0.2, 0) is 6.54 Å². The Morgan fingerprint density at radius 2 is 2.00 bits per heavy atom. The van der Waals surface area contributed by atoms with Gasteiger partial charge in [0.05, 0.1) is 6.10 Å². The van der Waals surface area contributed by atoms with Crippen molar-refractivity contribution in [1.82, 2.24) is 4.90 Å². The third-order valence-corrected chi connectivity index (χ3v) is 2.95. The number of aliphatic hydroxyl groups is 1. The Morgan fingerprint density at radius 1 is 1.31 bits per heavy atom. The second kappa shape index (κ2) is 6.02. The number of aliphatic hydroxyl groups excluding tert-OH is 1. The van der Waals surface area contributed by atoms with Gasteiger partial charge in [-0.3, -0.25) is 4.90 Å². The van der Waals surface area contributed by atoms with Crippen LogP contribution >= 0.6 is 0 Å². The van der Waals surface area contributed by atoms with Crippen LogP contribution in [0.2, 0.25) is 0 Å². The van der Waals surface area contributed by atoms with Gasteiger partial charge in [0.2, 0.25) is 0 Å². The number of hydrogen-bond acceptors (Lipinski definition) is 2. The molecule has 0 saturated carbocycles. The van der Waals surface area contributed by atoms with Gasteiger partial charge in [0.1, 0.15) is 0 Å². The highest BCUT2D eigenvalue weighted by Crippen LogP contribution is 2.11. The van der Waals surface area contributed by atoms with Crippen LogP contribution < -0.4 is 0 Å². The molecule has 0 heterocycles. The molecular formula is C14H23NO. The molecule has 2 heteroatoms. The minimum absolute atomic E-state index is 0.227. The van der Waals surface area contributed by atoms with Crippen LogP contribution in [0.15, 0.2) is 24.3 Å². The average molecular weight is 221 g/mol. The molecule has 0 aliphatic rings. The van der Waals surface area contributed by atoms with E-state index in [1.54, 1.807) is 0 Å². The van der Waals surface area contributed by atoms with Crippen LogP contribution in [0.25, 0.3) is 0 Å². The number of benzene rings is 1. The molecule has 0 fully saturated rings. The summed E-state index contributed by atoms with van der Waals surface area (Å²) in [5.41, 5.74) is 2.63. The first-order valence-electron chi connectivity index (χ1n) is 5.93. The van der Waals surface area contributed by atoms with Gasteiger partial charge < -0.3 is 5.11 Å². The van der Waals surface area contributed by atoms with E-state index in [1.807, 2.05) is 6.92 Å². The maximum absolute atomic E-state index is 9.36. The van der Waals surface area contributed by atoms with E-state index in [4.69, 9.17) is 0 Å². The van der Waals surface area contributed by atoms with Gasteiger partial charge in [0, 0.05) is 12.6 Å². The fraction of sp³-hybridized carbons (Fsp3) is 0.571. The first kappa shape index (κ1) is 13.2. The van der Waals surface area contributed by atoms with Crippen molar-refractivity contribution in [3.8, 4) is 0 Å². The van der Waals surface area contributed by atoms with Crippen molar-refractivity contribution >= 4 is 0 Å². The summed E-state index contributed by atoms with van der Waals surface area (Å²) in [5.74, 6) is 0. The summed E-state index contributed by atoms with van der Waals surface area (Å²) in [6.07, 6.45) is 0.595. The topological polar surface area (TPSA) is 23.5 Å². The molecule has 0 aromatic heterocycles. The Morgan fingerprint density at radius 3 is 2.56 bits per heavy atom. The molecule has 1 N–H and O–H groups in total. The second-order valence-electron chi connectivity index (χ2n) is 4.84. The maximum Gasteiger partial charge on any atom is 0.0526 e. The summed E-state index contributed by atoms with van der Waals surface area (Å²) in [4.78, 5) is 2.28. The minimum Gasteiger partial charge on any atom is -0.393 e. The highest BCUT2D eigenvalue weighted by Gasteiger charge is 2.11. The van der Waals surface area contributed by atoms with E-state index in [9.17, 15) is 5.11 Å². The van der Waals surface area contributed by atoms with Gasteiger partial charge in [-0.1, -0.05) is 29.8 Å². The highest BCUT2D eigenvalue weighted by atomic mass is 16.3. The third-order valence-electron chi connectivity index (χ3n) is 2.95. The molecular weight excluding hydrogens is 198 g/mol. The SMILES string of the molecule is Cc1cccc(CN(C)C(C)CC(C)O)c1. The average Bonchev–Trinajstić information content (AvgIpc) is 2.16. The van der Waals surface area contributed by atoms with Crippen molar-refractivity contribution < 1.29 is 5.11 Å². The molecule has 0 aliphatic heterocycles. The van der Waals surface area contributed by atoms with Gasteiger partial charge >= 0.3 is 0 Å². The van der Waals surface area contributed by atoms with Gasteiger partial charge in [-0.2, -0.15) is 0 Å². The highest BCUT2D eigenvalue weighted by molar-refractivity contribution is 5.22. The number of aryl methyl sites for hydroxylation is 1. The van der Waals surface area contributed by atoms with Crippen LogP contribution in [0.1, 0.15) is 31.4 Å². The van der Waals surface area contributed by atoms with E-state index in [0.29, 0.717) is 6.04 Å². The van der Waals surface area contributed by atoms with Crippen LogP contribution in [0.3, 0.4) is 0 Å². The molecule has 0 spiro atoms. The first-order chi connectivity index (χ1) is 7.49. The van der Waals surface area contributed by atoms with Crippen LogP contribution in [-0.4, -0.2) is 29.2 Å². The molecule has 2 nitrogen and oxygen atoms in total. The van der Waals surface area contributed by atoms with Gasteiger partial charge in [-0.05, 0) is 39.8 Å². The second-order valence-corrected chi connectivity index (χ2v) is 4.84. The molecule has 2 unspecified atom stereocenters. The predicted octanol–water partition coefficient (Wildman–Crippen LogP) is 2.59. The van der Waals surface area contributed by atoms with Crippen molar-refractivity contribution in [3.05, 3.63) is 35.4 Å². The third kappa shape index (κ3) is 4.33. The molecule has 0 amide bonds. The Labute approximate surface area is 98.9 Å². The standard InChI is InChI=1S/C14H23NO/c1-11-6-5-7-14(8-11)10-15(4)12(2)9-13(3)16/h5-8,12-13,16H,9-10H2,1-4H3. The lowest BCUT2D eigenvalue weighted by atomic mass is 10.1. The van der Waals surface area contributed by atoms with Crippen molar-refractivity contribution in [2.75, 3.05) is 7.05 Å². The van der Waals surface area contributed by atoms with Crippen LogP contribution in [0.4, 0.5) is 0 Å². The normalized spacial score (nSPS) is 15.1. The van der Waals surface area contributed by atoms with Gasteiger partial charge in [-0.25, -0.2) is 0 Å². The monoisotopic (exact) mass is 221 g/mol. The van der Waals surface area contributed by atoms with Gasteiger partial charge in [0.25, 0.3) is 0 Å². The molecule has 90 valence electrons. The maximum atomic E-state index is 9.36. The lowest BCUT2D eigenvalue weighted by Crippen LogP contribution is -2.31. The summed E-state index contributed by atoms with van der Waals surface area (Å²) in [7, 11) is 2.11. The predicted molar refractivity (Wildman–Crippen MR) is 68.4 cm³/mol. The molecule has 0 aliphatic carbocycles. The van der Waals surface area contributed by atoms with E-state index in [-0.39, 0.29) is 6.10 Å². The van der Waals surface area contributed by atoms with E-state index in [0.717, 1.165) is 13.0 Å². The summed E-state index contributed by atoms with van der Waals surface area (Å²) in [6.45, 7) is 7.05. The van der Waals surface area contributed by atoms with Crippen molar-refractivity contribution in [3.63, 3.8) is 0 Å². The molecule has 1 rings (SSSR count). The largest absolute Gasteiger partial charge is 0.393 e. The Hall–Kier alpha value is -0.860. The summed E-state index contributed by atoms with van der Waals surface area (Å²) >= 11 is 0. The minimum atomic E-state index is -0.227. The van der Waals surface area contributed by atoms with Crippen molar-refractivity contribution in [2.45, 2.75) is 45.9 Å². The van der Waals surface area contributed by atoms with Gasteiger partial charge in [0.15, 0.2) is 0 Å². The van der Waals surface area contributed by atoms with E-state index >= 15 is 0 Å². The van der Waals surface area contributed by atoms with E-state index in [2.05, 4.69) is 50.1 Å². The number of hydrogen-bond donors (Lipinski definition) is 1. The Bertz CT molecular complexity index is 322. The lowest BCUT2D eigenvalue weighted by Gasteiger charge is -2.25.